The first kappa shape index (κ1) is 16.7. The zero-order valence-corrected chi connectivity index (χ0v) is 14.8. The summed E-state index contributed by atoms with van der Waals surface area (Å²) in [7, 11) is 1.14. The van der Waals surface area contributed by atoms with E-state index < -0.39 is 16.1 Å². The first-order chi connectivity index (χ1) is 11.3. The van der Waals surface area contributed by atoms with Crippen LogP contribution in [0.15, 0.2) is 35.9 Å². The minimum atomic E-state index is -3.95. The smallest absolute Gasteiger partial charge is 0.262 e. The molecule has 0 amide bonds. The molecule has 11 heteroatoms. The monoisotopic (exact) mass is 369 g/mol. The first-order valence-corrected chi connectivity index (χ1v) is 8.82. The van der Waals surface area contributed by atoms with E-state index in [1.165, 1.54) is 10.9 Å². The molecule has 0 radical (unpaired) electrons. The molecule has 9 nitrogen and oxygen atoms in total. The molecule has 0 aliphatic rings. The molecule has 3 heterocycles. The summed E-state index contributed by atoms with van der Waals surface area (Å²) in [6.45, 7) is 0. The van der Waals surface area contributed by atoms with Gasteiger partial charge in [0.2, 0.25) is 5.03 Å². The normalized spacial score (nSPS) is 12.2. The molecule has 0 saturated heterocycles. The van der Waals surface area contributed by atoms with Crippen molar-refractivity contribution >= 4 is 21.6 Å². The summed E-state index contributed by atoms with van der Waals surface area (Å²) in [6.07, 6.45) is 4.54. The average Bonchev–Trinajstić information content (AvgIpc) is 3.20. The zero-order chi connectivity index (χ0) is 17.5. The third-order valence-electron chi connectivity index (χ3n) is 3.67. The maximum absolute atomic E-state index is 12.8. The lowest BCUT2D eigenvalue weighted by atomic mass is 10.1. The number of nitrogens with zero attached hydrogens (tertiary/aromatic N) is 6. The second kappa shape index (κ2) is 6.04. The molecule has 0 fully saturated rings. The van der Waals surface area contributed by atoms with Gasteiger partial charge in [0.15, 0.2) is 0 Å². The summed E-state index contributed by atoms with van der Waals surface area (Å²) in [5.41, 5.74) is 1.32. The van der Waals surface area contributed by atoms with E-state index in [0.717, 1.165) is 0 Å². The van der Waals surface area contributed by atoms with Crippen LogP contribution in [0.4, 0.5) is 0 Å². The van der Waals surface area contributed by atoms with Crippen LogP contribution in [0.3, 0.4) is 0 Å². The molecule has 0 spiro atoms. The standard InChI is InChI=1S/C13H16ClN7O2S/c1-19-8-15-13(12(19)14)24(22,23)18-11(9-4-6-16-20(9)2)10-5-7-17-21(10)3/h4-8,11,18H,1-3H3. The van der Waals surface area contributed by atoms with E-state index in [9.17, 15) is 8.42 Å². The number of hydrogen-bond acceptors (Lipinski definition) is 5. The fourth-order valence-corrected chi connectivity index (χ4v) is 4.00. The fourth-order valence-electron chi connectivity index (χ4n) is 2.39. The number of hydrogen-bond donors (Lipinski definition) is 1. The lowest BCUT2D eigenvalue weighted by Crippen LogP contribution is -2.32. The summed E-state index contributed by atoms with van der Waals surface area (Å²) in [6, 6.07) is 2.79. The van der Waals surface area contributed by atoms with Crippen molar-refractivity contribution in [1.29, 1.82) is 0 Å². The minimum Gasteiger partial charge on any atom is -0.324 e. The van der Waals surface area contributed by atoms with E-state index in [1.807, 2.05) is 0 Å². The number of imidazole rings is 1. The molecule has 0 atom stereocenters. The van der Waals surface area contributed by atoms with Crippen molar-refractivity contribution in [2.24, 2.45) is 21.1 Å². The van der Waals surface area contributed by atoms with Gasteiger partial charge < -0.3 is 4.57 Å². The van der Waals surface area contributed by atoms with Crippen LogP contribution >= 0.6 is 11.6 Å². The number of aromatic nitrogens is 6. The molecule has 0 unspecified atom stereocenters. The molecule has 1 N–H and O–H groups in total. The Balaban J connectivity index is 2.06. The quantitative estimate of drug-likeness (QED) is 0.710. The lowest BCUT2D eigenvalue weighted by molar-refractivity contribution is 0.544. The molecular formula is C13H16ClN7O2S. The van der Waals surface area contributed by atoms with Crippen LogP contribution in [-0.4, -0.2) is 37.5 Å². The Hall–Kier alpha value is -2.17. The molecule has 3 rings (SSSR count). The van der Waals surface area contributed by atoms with Gasteiger partial charge in [-0.2, -0.15) is 14.9 Å². The van der Waals surface area contributed by atoms with Gasteiger partial charge in [0, 0.05) is 33.5 Å². The van der Waals surface area contributed by atoms with Gasteiger partial charge in [-0.25, -0.2) is 13.4 Å². The lowest BCUT2D eigenvalue weighted by Gasteiger charge is -2.19. The molecular weight excluding hydrogens is 354 g/mol. The van der Waals surface area contributed by atoms with E-state index in [4.69, 9.17) is 11.6 Å². The summed E-state index contributed by atoms with van der Waals surface area (Å²) in [4.78, 5) is 3.88. The van der Waals surface area contributed by atoms with Crippen molar-refractivity contribution < 1.29 is 8.42 Å². The molecule has 3 aromatic rings. The van der Waals surface area contributed by atoms with Crippen molar-refractivity contribution in [3.8, 4) is 0 Å². The van der Waals surface area contributed by atoms with Crippen molar-refractivity contribution in [2.75, 3.05) is 0 Å². The van der Waals surface area contributed by atoms with E-state index in [1.54, 1.807) is 55.0 Å². The Bertz CT molecular complexity index is 932. The Morgan fingerprint density at radius 2 is 1.62 bits per heavy atom. The largest absolute Gasteiger partial charge is 0.324 e. The van der Waals surface area contributed by atoms with Crippen molar-refractivity contribution in [3.05, 3.63) is 47.4 Å². The molecule has 128 valence electrons. The first-order valence-electron chi connectivity index (χ1n) is 6.96. The number of aryl methyl sites for hydroxylation is 3. The maximum atomic E-state index is 12.8. The van der Waals surface area contributed by atoms with Crippen LogP contribution in [0.25, 0.3) is 0 Å². The molecule has 0 aromatic carbocycles. The molecule has 24 heavy (non-hydrogen) atoms. The number of halogens is 1. The molecule has 0 aliphatic heterocycles. The van der Waals surface area contributed by atoms with Crippen LogP contribution < -0.4 is 4.72 Å². The summed E-state index contributed by atoms with van der Waals surface area (Å²) >= 11 is 6.04. The summed E-state index contributed by atoms with van der Waals surface area (Å²) in [5.74, 6) is 0. The highest BCUT2D eigenvalue weighted by Gasteiger charge is 2.30. The van der Waals surface area contributed by atoms with Gasteiger partial charge in [0.1, 0.15) is 11.2 Å². The number of rotatable bonds is 5. The third kappa shape index (κ3) is 2.83. The van der Waals surface area contributed by atoms with Gasteiger partial charge >= 0.3 is 0 Å². The molecule has 0 saturated carbocycles. The van der Waals surface area contributed by atoms with Gasteiger partial charge in [-0.1, -0.05) is 11.6 Å². The van der Waals surface area contributed by atoms with E-state index in [-0.39, 0.29) is 10.2 Å². The van der Waals surface area contributed by atoms with Crippen LogP contribution in [0, 0.1) is 0 Å². The van der Waals surface area contributed by atoms with Crippen molar-refractivity contribution in [1.82, 2.24) is 33.8 Å². The van der Waals surface area contributed by atoms with Crippen LogP contribution in [0.1, 0.15) is 17.4 Å². The van der Waals surface area contributed by atoms with E-state index >= 15 is 0 Å². The average molecular weight is 370 g/mol. The number of sulfonamides is 1. The third-order valence-corrected chi connectivity index (χ3v) is 5.58. The minimum absolute atomic E-state index is 0.0382. The van der Waals surface area contributed by atoms with Crippen molar-refractivity contribution in [3.63, 3.8) is 0 Å². The van der Waals surface area contributed by atoms with Gasteiger partial charge in [0.05, 0.1) is 17.7 Å². The van der Waals surface area contributed by atoms with Gasteiger partial charge in [0.25, 0.3) is 10.0 Å². The van der Waals surface area contributed by atoms with E-state index in [0.29, 0.717) is 11.4 Å². The zero-order valence-electron chi connectivity index (χ0n) is 13.3. The summed E-state index contributed by atoms with van der Waals surface area (Å²) in [5, 5.41) is 8.03. The number of nitrogens with one attached hydrogen (secondary N) is 1. The van der Waals surface area contributed by atoms with E-state index in [2.05, 4.69) is 19.9 Å². The van der Waals surface area contributed by atoms with Crippen molar-refractivity contribution in [2.45, 2.75) is 11.1 Å². The van der Waals surface area contributed by atoms with Crippen LogP contribution in [0.5, 0.6) is 0 Å². The highest BCUT2D eigenvalue weighted by Crippen LogP contribution is 2.25. The molecule has 0 aliphatic carbocycles. The Kier molecular flexibility index (Phi) is 4.20. The van der Waals surface area contributed by atoms with Gasteiger partial charge in [-0.05, 0) is 12.1 Å². The Labute approximate surface area is 143 Å². The highest BCUT2D eigenvalue weighted by atomic mass is 35.5. The Morgan fingerprint density at radius 3 is 2.00 bits per heavy atom. The maximum Gasteiger partial charge on any atom is 0.262 e. The van der Waals surface area contributed by atoms with Gasteiger partial charge in [-0.3, -0.25) is 9.36 Å². The topological polar surface area (TPSA) is 99.6 Å². The summed E-state index contributed by atoms with van der Waals surface area (Å²) < 4.78 is 32.8. The second-order valence-electron chi connectivity index (χ2n) is 5.27. The highest BCUT2D eigenvalue weighted by molar-refractivity contribution is 7.89. The Morgan fingerprint density at radius 1 is 1.08 bits per heavy atom. The van der Waals surface area contributed by atoms with Gasteiger partial charge in [-0.15, -0.1) is 0 Å². The fraction of sp³-hybridized carbons (Fsp3) is 0.308. The SMILES string of the molecule is Cn1cnc(S(=O)(=O)NC(c2ccnn2C)c2ccnn2C)c1Cl. The predicted molar refractivity (Wildman–Crippen MR) is 86.8 cm³/mol. The second-order valence-corrected chi connectivity index (χ2v) is 7.25. The molecule has 3 aromatic heterocycles. The predicted octanol–water partition coefficient (Wildman–Crippen LogP) is 0.608. The molecule has 0 bridgehead atoms. The van der Waals surface area contributed by atoms with Crippen LogP contribution in [-0.2, 0) is 31.2 Å². The van der Waals surface area contributed by atoms with Crippen LogP contribution in [0.2, 0.25) is 5.15 Å².